The number of hydrogen-bond donors (Lipinski definition) is 2. The molecule has 1 fully saturated rings. The normalized spacial score (nSPS) is 26.6. The summed E-state index contributed by atoms with van der Waals surface area (Å²) in [5.74, 6) is 0.255. The summed E-state index contributed by atoms with van der Waals surface area (Å²) in [6.07, 6.45) is 4.68. The van der Waals surface area contributed by atoms with E-state index in [9.17, 15) is 13.2 Å². The second kappa shape index (κ2) is 6.52. The van der Waals surface area contributed by atoms with Gasteiger partial charge in [-0.1, -0.05) is 19.8 Å². The zero-order chi connectivity index (χ0) is 13.8. The Bertz CT molecular complexity index is 381. The van der Waals surface area contributed by atoms with Gasteiger partial charge in [-0.2, -0.15) is 0 Å². The van der Waals surface area contributed by atoms with Crippen LogP contribution in [-0.4, -0.2) is 33.2 Å². The van der Waals surface area contributed by atoms with Crippen LogP contribution in [0.15, 0.2) is 0 Å². The summed E-state index contributed by atoms with van der Waals surface area (Å²) in [4.78, 5) is 11.6. The molecule has 18 heavy (non-hydrogen) atoms. The zero-order valence-electron chi connectivity index (χ0n) is 11.4. The maximum Gasteiger partial charge on any atom is 0.236 e. The first kappa shape index (κ1) is 15.4. The van der Waals surface area contributed by atoms with Gasteiger partial charge in [-0.25, -0.2) is 13.1 Å². The van der Waals surface area contributed by atoms with Gasteiger partial charge in [0, 0.05) is 6.04 Å². The van der Waals surface area contributed by atoms with E-state index in [2.05, 4.69) is 17.0 Å². The third-order valence-corrected chi connectivity index (χ3v) is 4.97. The highest BCUT2D eigenvalue weighted by molar-refractivity contribution is 7.90. The van der Waals surface area contributed by atoms with Gasteiger partial charge in [0.2, 0.25) is 15.9 Å². The number of amides is 1. The molecule has 0 saturated heterocycles. The van der Waals surface area contributed by atoms with Gasteiger partial charge in [0.25, 0.3) is 0 Å². The smallest absolute Gasteiger partial charge is 0.236 e. The van der Waals surface area contributed by atoms with Crippen molar-refractivity contribution in [3.8, 4) is 0 Å². The molecule has 5 nitrogen and oxygen atoms in total. The molecule has 0 spiro atoms. The molecule has 2 N–H and O–H groups in total. The highest BCUT2D eigenvalue weighted by Crippen LogP contribution is 2.30. The molecule has 1 aliphatic carbocycles. The predicted octanol–water partition coefficient (Wildman–Crippen LogP) is 0.867. The van der Waals surface area contributed by atoms with E-state index in [0.29, 0.717) is 11.8 Å². The van der Waals surface area contributed by atoms with Crippen LogP contribution in [0.2, 0.25) is 0 Å². The Morgan fingerprint density at radius 2 is 2.06 bits per heavy atom. The molecule has 6 heteroatoms. The Hall–Kier alpha value is -0.620. The fraction of sp³-hybridized carbons (Fsp3) is 0.917. The zero-order valence-corrected chi connectivity index (χ0v) is 12.2. The van der Waals surface area contributed by atoms with Crippen LogP contribution in [0.3, 0.4) is 0 Å². The molecular formula is C12H24N2O3S. The highest BCUT2D eigenvalue weighted by atomic mass is 32.2. The van der Waals surface area contributed by atoms with E-state index in [-0.39, 0.29) is 6.04 Å². The van der Waals surface area contributed by atoms with Gasteiger partial charge < -0.3 is 5.32 Å². The Morgan fingerprint density at radius 3 is 2.61 bits per heavy atom. The number of rotatable bonds is 5. The Morgan fingerprint density at radius 1 is 1.39 bits per heavy atom. The maximum atomic E-state index is 11.6. The SMILES string of the molecule is CNS(=O)(=O)CC(=O)NC(C)C1CCCC(C)C1. The van der Waals surface area contributed by atoms with Gasteiger partial charge in [0.1, 0.15) is 5.75 Å². The van der Waals surface area contributed by atoms with E-state index in [1.54, 1.807) is 0 Å². The van der Waals surface area contributed by atoms with Gasteiger partial charge in [-0.05, 0) is 38.6 Å². The van der Waals surface area contributed by atoms with E-state index >= 15 is 0 Å². The molecule has 1 rings (SSSR count). The third-order valence-electron chi connectivity index (χ3n) is 3.70. The second-order valence-corrected chi connectivity index (χ2v) is 7.28. The molecule has 1 saturated carbocycles. The topological polar surface area (TPSA) is 75.3 Å². The van der Waals surface area contributed by atoms with Crippen molar-refractivity contribution in [2.24, 2.45) is 11.8 Å². The van der Waals surface area contributed by atoms with Crippen LogP contribution in [0.4, 0.5) is 0 Å². The van der Waals surface area contributed by atoms with Crippen LogP contribution < -0.4 is 10.0 Å². The molecule has 0 aromatic carbocycles. The fourth-order valence-electron chi connectivity index (χ4n) is 2.59. The van der Waals surface area contributed by atoms with Crippen LogP contribution in [0.25, 0.3) is 0 Å². The lowest BCUT2D eigenvalue weighted by Gasteiger charge is -2.31. The lowest BCUT2D eigenvalue weighted by molar-refractivity contribution is -0.119. The monoisotopic (exact) mass is 276 g/mol. The summed E-state index contributed by atoms with van der Waals surface area (Å²) < 4.78 is 24.6. The molecule has 3 atom stereocenters. The lowest BCUT2D eigenvalue weighted by atomic mass is 9.79. The van der Waals surface area contributed by atoms with Crippen LogP contribution in [0.1, 0.15) is 39.5 Å². The lowest BCUT2D eigenvalue weighted by Crippen LogP contribution is -2.43. The van der Waals surface area contributed by atoms with Crippen molar-refractivity contribution in [3.05, 3.63) is 0 Å². The minimum absolute atomic E-state index is 0.0484. The number of carbonyl (C=O) groups is 1. The Balaban J connectivity index is 2.44. The van der Waals surface area contributed by atoms with Gasteiger partial charge in [0.05, 0.1) is 0 Å². The van der Waals surface area contributed by atoms with Crippen LogP contribution in [0, 0.1) is 11.8 Å². The molecular weight excluding hydrogens is 252 g/mol. The summed E-state index contributed by atoms with van der Waals surface area (Å²) in [6, 6.07) is 0.0484. The van der Waals surface area contributed by atoms with E-state index in [1.807, 2.05) is 6.92 Å². The summed E-state index contributed by atoms with van der Waals surface area (Å²) in [5.41, 5.74) is 0. The first-order chi connectivity index (χ1) is 8.34. The predicted molar refractivity (Wildman–Crippen MR) is 71.6 cm³/mol. The molecule has 1 amide bonds. The summed E-state index contributed by atoms with van der Waals surface area (Å²) in [5, 5.41) is 2.80. The van der Waals surface area contributed by atoms with E-state index < -0.39 is 21.7 Å². The van der Waals surface area contributed by atoms with Crippen molar-refractivity contribution in [2.45, 2.75) is 45.6 Å². The molecule has 0 aromatic rings. The first-order valence-corrected chi connectivity index (χ1v) is 8.20. The minimum atomic E-state index is -3.47. The van der Waals surface area contributed by atoms with Crippen LogP contribution >= 0.6 is 0 Å². The van der Waals surface area contributed by atoms with Crippen molar-refractivity contribution >= 4 is 15.9 Å². The molecule has 0 heterocycles. The molecule has 3 unspecified atom stereocenters. The highest BCUT2D eigenvalue weighted by Gasteiger charge is 2.25. The van der Waals surface area contributed by atoms with Gasteiger partial charge in [0.15, 0.2) is 0 Å². The van der Waals surface area contributed by atoms with Gasteiger partial charge in [-0.15, -0.1) is 0 Å². The minimum Gasteiger partial charge on any atom is -0.352 e. The molecule has 106 valence electrons. The summed E-state index contributed by atoms with van der Waals surface area (Å²) in [6.45, 7) is 4.19. The fourth-order valence-corrected chi connectivity index (χ4v) is 3.17. The molecule has 0 bridgehead atoms. The number of nitrogens with one attached hydrogen (secondary N) is 2. The molecule has 0 radical (unpaired) electrons. The maximum absolute atomic E-state index is 11.6. The molecule has 1 aliphatic rings. The summed E-state index contributed by atoms with van der Waals surface area (Å²) >= 11 is 0. The quantitative estimate of drug-likeness (QED) is 0.782. The van der Waals surface area contributed by atoms with Crippen molar-refractivity contribution < 1.29 is 13.2 Å². The number of hydrogen-bond acceptors (Lipinski definition) is 3. The van der Waals surface area contributed by atoms with Crippen molar-refractivity contribution in [2.75, 3.05) is 12.8 Å². The van der Waals surface area contributed by atoms with Gasteiger partial charge in [-0.3, -0.25) is 4.79 Å². The number of sulfonamides is 1. The van der Waals surface area contributed by atoms with E-state index in [1.165, 1.54) is 19.9 Å². The third kappa shape index (κ3) is 4.94. The van der Waals surface area contributed by atoms with Crippen molar-refractivity contribution in [1.29, 1.82) is 0 Å². The summed E-state index contributed by atoms with van der Waals surface area (Å²) in [7, 11) is -2.15. The number of carbonyl (C=O) groups excluding carboxylic acids is 1. The average molecular weight is 276 g/mol. The van der Waals surface area contributed by atoms with Crippen molar-refractivity contribution in [3.63, 3.8) is 0 Å². The largest absolute Gasteiger partial charge is 0.352 e. The van der Waals surface area contributed by atoms with Crippen LogP contribution in [0.5, 0.6) is 0 Å². The van der Waals surface area contributed by atoms with E-state index in [0.717, 1.165) is 12.8 Å². The van der Waals surface area contributed by atoms with Gasteiger partial charge >= 0.3 is 0 Å². The first-order valence-electron chi connectivity index (χ1n) is 6.54. The van der Waals surface area contributed by atoms with E-state index in [4.69, 9.17) is 0 Å². The second-order valence-electron chi connectivity index (χ2n) is 5.35. The van der Waals surface area contributed by atoms with Crippen LogP contribution in [-0.2, 0) is 14.8 Å². The molecule has 0 aliphatic heterocycles. The van der Waals surface area contributed by atoms with Crippen molar-refractivity contribution in [1.82, 2.24) is 10.0 Å². The Kier molecular flexibility index (Phi) is 5.59. The molecule has 0 aromatic heterocycles. The average Bonchev–Trinajstić information content (AvgIpc) is 2.28. The standard InChI is InChI=1S/C12H24N2O3S/c1-9-5-4-6-11(7-9)10(2)14-12(15)8-18(16,17)13-3/h9-11,13H,4-8H2,1-3H3,(H,14,15). The Labute approximate surface area is 110 Å².